The number of sulfonamides is 1. The van der Waals surface area contributed by atoms with Crippen LogP contribution in [-0.2, 0) is 14.8 Å². The molecule has 1 fully saturated rings. The van der Waals surface area contributed by atoms with Crippen LogP contribution in [0.5, 0.6) is 0 Å². The molecule has 0 radical (unpaired) electrons. The van der Waals surface area contributed by atoms with Crippen LogP contribution in [0.4, 0.5) is 0 Å². The van der Waals surface area contributed by atoms with E-state index in [0.717, 1.165) is 4.31 Å². The van der Waals surface area contributed by atoms with E-state index in [-0.39, 0.29) is 11.4 Å². The first-order chi connectivity index (χ1) is 10.00. The van der Waals surface area contributed by atoms with Gasteiger partial charge in [-0.25, -0.2) is 8.42 Å². The molecule has 0 amide bonds. The summed E-state index contributed by atoms with van der Waals surface area (Å²) >= 11 is 0. The molecule has 110 valence electrons. The average Bonchev–Trinajstić information content (AvgIpc) is 2.97. The summed E-state index contributed by atoms with van der Waals surface area (Å²) in [6.07, 6.45) is 2.55. The standard InChI is InChI=1S/C14H14N2O4S/c17-14(18)13-4-2-8-16(13)21(19,20)11-5-6-12-10(9-11)3-1-7-15-12/h1,3,5-7,9,13H,2,4,8H2,(H,17,18)/t13-/m0/s1. The first kappa shape index (κ1) is 14.0. The lowest BCUT2D eigenvalue weighted by molar-refractivity contribution is -0.140. The highest BCUT2D eigenvalue weighted by Crippen LogP contribution is 2.27. The van der Waals surface area contributed by atoms with Gasteiger partial charge < -0.3 is 5.11 Å². The van der Waals surface area contributed by atoms with Crippen LogP contribution in [-0.4, -0.2) is 41.4 Å². The molecule has 7 heteroatoms. The van der Waals surface area contributed by atoms with E-state index in [1.807, 2.05) is 0 Å². The molecule has 1 aromatic carbocycles. The second-order valence-corrected chi connectivity index (χ2v) is 6.86. The van der Waals surface area contributed by atoms with Crippen LogP contribution in [0.2, 0.25) is 0 Å². The summed E-state index contributed by atoms with van der Waals surface area (Å²) in [5.74, 6) is -1.10. The number of nitrogens with zero attached hydrogens (tertiary/aromatic N) is 2. The summed E-state index contributed by atoms with van der Waals surface area (Å²) in [4.78, 5) is 15.4. The number of rotatable bonds is 3. The first-order valence-electron chi connectivity index (χ1n) is 6.59. The largest absolute Gasteiger partial charge is 0.480 e. The van der Waals surface area contributed by atoms with E-state index in [1.54, 1.807) is 24.4 Å². The van der Waals surface area contributed by atoms with Crippen molar-refractivity contribution in [3.05, 3.63) is 36.5 Å². The summed E-state index contributed by atoms with van der Waals surface area (Å²) in [5.41, 5.74) is 0.702. The SMILES string of the molecule is O=C(O)[C@@H]1CCCN1S(=O)(=O)c1ccc2ncccc2c1. The van der Waals surface area contributed by atoms with Gasteiger partial charge in [-0.1, -0.05) is 6.07 Å². The van der Waals surface area contributed by atoms with Crippen LogP contribution in [0, 0.1) is 0 Å². The Hall–Kier alpha value is -1.99. The lowest BCUT2D eigenvalue weighted by atomic mass is 10.2. The smallest absolute Gasteiger partial charge is 0.322 e. The molecule has 1 saturated heterocycles. The van der Waals surface area contributed by atoms with E-state index in [0.29, 0.717) is 23.7 Å². The van der Waals surface area contributed by atoms with Crippen molar-refractivity contribution >= 4 is 26.9 Å². The lowest BCUT2D eigenvalue weighted by Gasteiger charge is -2.21. The Kier molecular flexibility index (Phi) is 3.38. The van der Waals surface area contributed by atoms with E-state index in [4.69, 9.17) is 5.11 Å². The zero-order valence-corrected chi connectivity index (χ0v) is 12.0. The minimum absolute atomic E-state index is 0.108. The van der Waals surface area contributed by atoms with Crippen LogP contribution in [0.3, 0.4) is 0 Å². The van der Waals surface area contributed by atoms with E-state index in [2.05, 4.69) is 4.98 Å². The Morgan fingerprint density at radius 1 is 1.33 bits per heavy atom. The zero-order valence-electron chi connectivity index (χ0n) is 11.1. The number of hydrogen-bond acceptors (Lipinski definition) is 4. The molecule has 0 spiro atoms. The molecule has 21 heavy (non-hydrogen) atoms. The minimum atomic E-state index is -3.80. The predicted molar refractivity (Wildman–Crippen MR) is 76.3 cm³/mol. The van der Waals surface area contributed by atoms with Crippen molar-refractivity contribution in [1.29, 1.82) is 0 Å². The molecule has 6 nitrogen and oxygen atoms in total. The normalized spacial score (nSPS) is 19.9. The Bertz CT molecular complexity index is 803. The zero-order chi connectivity index (χ0) is 15.0. The molecule has 0 bridgehead atoms. The summed E-state index contributed by atoms with van der Waals surface area (Å²) in [5, 5.41) is 9.86. The molecule has 2 aromatic rings. The number of fused-ring (bicyclic) bond motifs is 1. The molecule has 0 unspecified atom stereocenters. The van der Waals surface area contributed by atoms with Crippen LogP contribution < -0.4 is 0 Å². The van der Waals surface area contributed by atoms with Gasteiger partial charge in [0, 0.05) is 18.1 Å². The summed E-state index contributed by atoms with van der Waals surface area (Å²) < 4.78 is 26.3. The maximum atomic E-state index is 12.6. The number of carbonyl (C=O) groups is 1. The molecule has 2 heterocycles. The molecular formula is C14H14N2O4S. The second kappa shape index (κ2) is 5.09. The Labute approximate surface area is 122 Å². The van der Waals surface area contributed by atoms with Gasteiger partial charge in [0.05, 0.1) is 10.4 Å². The molecule has 1 atom stereocenters. The maximum Gasteiger partial charge on any atom is 0.322 e. The molecule has 1 aliphatic rings. The number of pyridine rings is 1. The van der Waals surface area contributed by atoms with Crippen LogP contribution in [0.15, 0.2) is 41.4 Å². The van der Waals surface area contributed by atoms with Crippen molar-refractivity contribution < 1.29 is 18.3 Å². The summed E-state index contributed by atoms with van der Waals surface area (Å²) in [6, 6.07) is 7.18. The van der Waals surface area contributed by atoms with Crippen molar-refractivity contribution in [3.8, 4) is 0 Å². The molecular weight excluding hydrogens is 292 g/mol. The van der Waals surface area contributed by atoms with Gasteiger partial charge in [0.1, 0.15) is 6.04 Å². The summed E-state index contributed by atoms with van der Waals surface area (Å²) in [6.45, 7) is 0.240. The van der Waals surface area contributed by atoms with Crippen molar-refractivity contribution in [2.45, 2.75) is 23.8 Å². The number of aromatic nitrogens is 1. The topological polar surface area (TPSA) is 87.6 Å². The van der Waals surface area contributed by atoms with E-state index < -0.39 is 22.0 Å². The quantitative estimate of drug-likeness (QED) is 0.928. The summed E-state index contributed by atoms with van der Waals surface area (Å²) in [7, 11) is -3.80. The minimum Gasteiger partial charge on any atom is -0.480 e. The molecule has 0 aliphatic carbocycles. The highest BCUT2D eigenvalue weighted by atomic mass is 32.2. The fourth-order valence-electron chi connectivity index (χ4n) is 2.62. The lowest BCUT2D eigenvalue weighted by Crippen LogP contribution is -2.40. The van der Waals surface area contributed by atoms with Gasteiger partial charge in [-0.3, -0.25) is 9.78 Å². The number of benzene rings is 1. The van der Waals surface area contributed by atoms with E-state index in [1.165, 1.54) is 12.1 Å². The highest BCUT2D eigenvalue weighted by Gasteiger charge is 2.39. The highest BCUT2D eigenvalue weighted by molar-refractivity contribution is 7.89. The number of hydrogen-bond donors (Lipinski definition) is 1. The predicted octanol–water partition coefficient (Wildman–Crippen LogP) is 1.47. The Balaban J connectivity index is 2.05. The first-order valence-corrected chi connectivity index (χ1v) is 8.03. The van der Waals surface area contributed by atoms with E-state index >= 15 is 0 Å². The fourth-order valence-corrected chi connectivity index (χ4v) is 4.31. The Morgan fingerprint density at radius 3 is 2.90 bits per heavy atom. The van der Waals surface area contributed by atoms with Gasteiger partial charge in [0.15, 0.2) is 0 Å². The maximum absolute atomic E-state index is 12.6. The molecule has 1 aromatic heterocycles. The van der Waals surface area contributed by atoms with E-state index in [9.17, 15) is 13.2 Å². The third-order valence-corrected chi connectivity index (χ3v) is 5.57. The van der Waals surface area contributed by atoms with Gasteiger partial charge >= 0.3 is 5.97 Å². The van der Waals surface area contributed by atoms with Crippen LogP contribution >= 0.6 is 0 Å². The van der Waals surface area contributed by atoms with Gasteiger partial charge in [0.25, 0.3) is 0 Å². The average molecular weight is 306 g/mol. The number of carboxylic acids is 1. The van der Waals surface area contributed by atoms with Crippen LogP contribution in [0.1, 0.15) is 12.8 Å². The van der Waals surface area contributed by atoms with Crippen molar-refractivity contribution in [3.63, 3.8) is 0 Å². The number of carboxylic acid groups (broad SMARTS) is 1. The third-order valence-electron chi connectivity index (χ3n) is 3.67. The van der Waals surface area contributed by atoms with Gasteiger partial charge in [-0.15, -0.1) is 0 Å². The molecule has 3 rings (SSSR count). The third kappa shape index (κ3) is 2.38. The number of aliphatic carboxylic acids is 1. The monoisotopic (exact) mass is 306 g/mol. The second-order valence-electron chi connectivity index (χ2n) is 4.97. The van der Waals surface area contributed by atoms with Gasteiger partial charge in [-0.05, 0) is 37.1 Å². The molecule has 0 saturated carbocycles. The van der Waals surface area contributed by atoms with Gasteiger partial charge in [0.2, 0.25) is 10.0 Å². The van der Waals surface area contributed by atoms with Crippen molar-refractivity contribution in [2.24, 2.45) is 0 Å². The van der Waals surface area contributed by atoms with Crippen molar-refractivity contribution in [1.82, 2.24) is 9.29 Å². The van der Waals surface area contributed by atoms with Crippen LogP contribution in [0.25, 0.3) is 10.9 Å². The van der Waals surface area contributed by atoms with Crippen molar-refractivity contribution in [2.75, 3.05) is 6.54 Å². The molecule has 1 aliphatic heterocycles. The molecule has 1 N–H and O–H groups in total. The van der Waals surface area contributed by atoms with Gasteiger partial charge in [-0.2, -0.15) is 4.31 Å². The Morgan fingerprint density at radius 2 is 2.14 bits per heavy atom. The fraction of sp³-hybridized carbons (Fsp3) is 0.286.